The monoisotopic (exact) mass is 329 g/mol. The zero-order valence-corrected chi connectivity index (χ0v) is 13.7. The van der Waals surface area contributed by atoms with E-state index in [1.165, 1.54) is 0 Å². The molecule has 1 aromatic carbocycles. The summed E-state index contributed by atoms with van der Waals surface area (Å²) in [6.07, 6.45) is 3.34. The maximum Gasteiger partial charge on any atom is 0.260 e. The molecular formula is C18H23N3O3. The van der Waals surface area contributed by atoms with Crippen LogP contribution < -0.4 is 10.5 Å². The third kappa shape index (κ3) is 3.30. The Morgan fingerprint density at radius 1 is 1.25 bits per heavy atom. The molecule has 1 N–H and O–H groups in total. The fraction of sp³-hybridized carbons (Fsp3) is 0.556. The Morgan fingerprint density at radius 2 is 2.08 bits per heavy atom. The Labute approximate surface area is 140 Å². The van der Waals surface area contributed by atoms with Gasteiger partial charge in [-0.15, -0.1) is 0 Å². The standard InChI is InChI=1S/C18H23N3O3/c22-17-15-3-1-2-4-16(15)19-18(20-17)21-8-5-14(6-9-21)24-12-13-7-10-23-11-13/h1-4,13-14H,5-12H2,(H,19,20,22). The molecular weight excluding hydrogens is 306 g/mol. The third-order valence-electron chi connectivity index (χ3n) is 4.93. The quantitative estimate of drug-likeness (QED) is 0.928. The summed E-state index contributed by atoms with van der Waals surface area (Å²) in [5, 5.41) is 0.637. The summed E-state index contributed by atoms with van der Waals surface area (Å²) in [5.74, 6) is 1.22. The molecule has 128 valence electrons. The Bertz CT molecular complexity index is 747. The van der Waals surface area contributed by atoms with Crippen LogP contribution in [-0.2, 0) is 9.47 Å². The molecule has 1 aromatic heterocycles. The molecule has 0 spiro atoms. The maximum absolute atomic E-state index is 12.2. The maximum atomic E-state index is 12.2. The van der Waals surface area contributed by atoms with Gasteiger partial charge in [0.2, 0.25) is 5.95 Å². The zero-order chi connectivity index (χ0) is 16.4. The van der Waals surface area contributed by atoms with E-state index in [4.69, 9.17) is 9.47 Å². The molecule has 1 unspecified atom stereocenters. The molecule has 4 rings (SSSR count). The van der Waals surface area contributed by atoms with E-state index in [1.54, 1.807) is 6.07 Å². The van der Waals surface area contributed by atoms with Gasteiger partial charge in [-0.05, 0) is 31.4 Å². The molecule has 2 aliphatic rings. The van der Waals surface area contributed by atoms with E-state index < -0.39 is 0 Å². The second-order valence-corrected chi connectivity index (χ2v) is 6.66. The van der Waals surface area contributed by atoms with E-state index in [9.17, 15) is 4.79 Å². The van der Waals surface area contributed by atoms with Crippen molar-refractivity contribution in [1.82, 2.24) is 9.97 Å². The highest BCUT2D eigenvalue weighted by atomic mass is 16.5. The first-order chi connectivity index (χ1) is 11.8. The van der Waals surface area contributed by atoms with Crippen LogP contribution in [0.3, 0.4) is 0 Å². The van der Waals surface area contributed by atoms with Crippen LogP contribution in [0.2, 0.25) is 0 Å². The number of ether oxygens (including phenoxy) is 2. The van der Waals surface area contributed by atoms with Crippen LogP contribution in [0.15, 0.2) is 29.1 Å². The number of hydrogen-bond acceptors (Lipinski definition) is 5. The number of fused-ring (bicyclic) bond motifs is 1. The smallest absolute Gasteiger partial charge is 0.260 e. The van der Waals surface area contributed by atoms with Crippen LogP contribution in [0.25, 0.3) is 10.9 Å². The fourth-order valence-corrected chi connectivity index (χ4v) is 3.45. The topological polar surface area (TPSA) is 67.5 Å². The lowest BCUT2D eigenvalue weighted by Gasteiger charge is -2.32. The SMILES string of the molecule is O=c1[nH]c(N2CCC(OCC3CCOC3)CC2)nc2ccccc12. The van der Waals surface area contributed by atoms with Crippen LogP contribution in [0.1, 0.15) is 19.3 Å². The molecule has 3 heterocycles. The van der Waals surface area contributed by atoms with E-state index in [0.717, 1.165) is 57.7 Å². The largest absolute Gasteiger partial charge is 0.381 e. The van der Waals surface area contributed by atoms with Gasteiger partial charge >= 0.3 is 0 Å². The first kappa shape index (κ1) is 15.6. The van der Waals surface area contributed by atoms with Crippen molar-refractivity contribution in [3.63, 3.8) is 0 Å². The predicted octanol–water partition coefficient (Wildman–Crippen LogP) is 1.94. The van der Waals surface area contributed by atoms with E-state index >= 15 is 0 Å². The molecule has 1 atom stereocenters. The number of para-hydroxylation sites is 1. The van der Waals surface area contributed by atoms with Crippen LogP contribution >= 0.6 is 0 Å². The second kappa shape index (κ2) is 6.91. The molecule has 2 aromatic rings. The Morgan fingerprint density at radius 3 is 2.88 bits per heavy atom. The molecule has 0 radical (unpaired) electrons. The lowest BCUT2D eigenvalue weighted by atomic mass is 10.1. The highest BCUT2D eigenvalue weighted by Gasteiger charge is 2.24. The second-order valence-electron chi connectivity index (χ2n) is 6.66. The molecule has 0 amide bonds. The highest BCUT2D eigenvalue weighted by Crippen LogP contribution is 2.21. The van der Waals surface area contributed by atoms with Gasteiger partial charge in [-0.1, -0.05) is 12.1 Å². The van der Waals surface area contributed by atoms with Crippen molar-refractivity contribution in [1.29, 1.82) is 0 Å². The number of nitrogens with zero attached hydrogens (tertiary/aromatic N) is 2. The van der Waals surface area contributed by atoms with Gasteiger partial charge in [-0.25, -0.2) is 4.98 Å². The lowest BCUT2D eigenvalue weighted by molar-refractivity contribution is 0.0130. The number of benzene rings is 1. The van der Waals surface area contributed by atoms with Gasteiger partial charge in [0.05, 0.1) is 30.2 Å². The van der Waals surface area contributed by atoms with Crippen molar-refractivity contribution in [3.05, 3.63) is 34.6 Å². The van der Waals surface area contributed by atoms with Crippen molar-refractivity contribution >= 4 is 16.9 Å². The Hall–Kier alpha value is -1.92. The van der Waals surface area contributed by atoms with Gasteiger partial charge in [0.15, 0.2) is 0 Å². The van der Waals surface area contributed by atoms with E-state index in [2.05, 4.69) is 14.9 Å². The number of hydrogen-bond donors (Lipinski definition) is 1. The number of anilines is 1. The molecule has 0 saturated carbocycles. The highest BCUT2D eigenvalue weighted by molar-refractivity contribution is 5.78. The minimum atomic E-state index is -0.0739. The average molecular weight is 329 g/mol. The summed E-state index contributed by atoms with van der Waals surface area (Å²) in [6.45, 7) is 4.21. The number of H-pyrrole nitrogens is 1. The minimum Gasteiger partial charge on any atom is -0.381 e. The summed E-state index contributed by atoms with van der Waals surface area (Å²) >= 11 is 0. The summed E-state index contributed by atoms with van der Waals surface area (Å²) in [4.78, 5) is 21.9. The molecule has 0 aliphatic carbocycles. The molecule has 2 aliphatic heterocycles. The van der Waals surface area contributed by atoms with Gasteiger partial charge in [0, 0.05) is 25.6 Å². The number of aromatic amines is 1. The van der Waals surface area contributed by atoms with Gasteiger partial charge in [-0.3, -0.25) is 9.78 Å². The first-order valence-electron chi connectivity index (χ1n) is 8.73. The summed E-state index contributed by atoms with van der Waals surface area (Å²) in [6, 6.07) is 7.45. The summed E-state index contributed by atoms with van der Waals surface area (Å²) in [7, 11) is 0. The van der Waals surface area contributed by atoms with Crippen LogP contribution in [-0.4, -0.2) is 49.0 Å². The first-order valence-corrected chi connectivity index (χ1v) is 8.73. The molecule has 0 bridgehead atoms. The van der Waals surface area contributed by atoms with Crippen LogP contribution in [0, 0.1) is 5.92 Å². The number of aromatic nitrogens is 2. The third-order valence-corrected chi connectivity index (χ3v) is 4.93. The lowest BCUT2D eigenvalue weighted by Crippen LogP contribution is -2.39. The number of rotatable bonds is 4. The van der Waals surface area contributed by atoms with Crippen molar-refractivity contribution in [3.8, 4) is 0 Å². The average Bonchev–Trinajstić information content (AvgIpc) is 3.14. The van der Waals surface area contributed by atoms with Gasteiger partial charge in [-0.2, -0.15) is 0 Å². The fourth-order valence-electron chi connectivity index (χ4n) is 3.45. The van der Waals surface area contributed by atoms with Gasteiger partial charge < -0.3 is 14.4 Å². The van der Waals surface area contributed by atoms with Crippen LogP contribution in [0.4, 0.5) is 5.95 Å². The van der Waals surface area contributed by atoms with Gasteiger partial charge in [0.1, 0.15) is 0 Å². The normalized spacial score (nSPS) is 22.3. The van der Waals surface area contributed by atoms with E-state index in [1.807, 2.05) is 18.2 Å². The number of piperidine rings is 1. The Kier molecular flexibility index (Phi) is 4.49. The van der Waals surface area contributed by atoms with Crippen molar-refractivity contribution in [2.75, 3.05) is 37.8 Å². The van der Waals surface area contributed by atoms with E-state index in [0.29, 0.717) is 23.4 Å². The molecule has 24 heavy (non-hydrogen) atoms. The van der Waals surface area contributed by atoms with Crippen LogP contribution in [0.5, 0.6) is 0 Å². The molecule has 2 fully saturated rings. The van der Waals surface area contributed by atoms with Gasteiger partial charge in [0.25, 0.3) is 5.56 Å². The van der Waals surface area contributed by atoms with Crippen molar-refractivity contribution in [2.24, 2.45) is 5.92 Å². The summed E-state index contributed by atoms with van der Waals surface area (Å²) < 4.78 is 11.4. The van der Waals surface area contributed by atoms with E-state index in [-0.39, 0.29) is 5.56 Å². The molecule has 6 heteroatoms. The molecule has 2 saturated heterocycles. The Balaban J connectivity index is 1.38. The van der Waals surface area contributed by atoms with Crippen molar-refractivity contribution < 1.29 is 9.47 Å². The molecule has 6 nitrogen and oxygen atoms in total. The summed E-state index contributed by atoms with van der Waals surface area (Å²) in [5.41, 5.74) is 0.672. The zero-order valence-electron chi connectivity index (χ0n) is 13.7. The predicted molar refractivity (Wildman–Crippen MR) is 92.5 cm³/mol. The number of nitrogens with one attached hydrogen (secondary N) is 1. The van der Waals surface area contributed by atoms with Crippen molar-refractivity contribution in [2.45, 2.75) is 25.4 Å². The minimum absolute atomic E-state index is 0.0739.